The van der Waals surface area contributed by atoms with Gasteiger partial charge in [0.25, 0.3) is 5.91 Å². The third-order valence-corrected chi connectivity index (χ3v) is 5.44. The van der Waals surface area contributed by atoms with Crippen LogP contribution in [-0.4, -0.2) is 36.7 Å². The number of nitrogens with zero attached hydrogens (tertiary/aromatic N) is 1. The van der Waals surface area contributed by atoms with E-state index < -0.39 is 29.5 Å². The van der Waals surface area contributed by atoms with Crippen LogP contribution in [0.3, 0.4) is 0 Å². The summed E-state index contributed by atoms with van der Waals surface area (Å²) >= 11 is 0. The van der Waals surface area contributed by atoms with Gasteiger partial charge in [-0.25, -0.2) is 23.0 Å². The van der Waals surface area contributed by atoms with Crippen LogP contribution in [0, 0.1) is 17.5 Å². The molecule has 0 atom stereocenters. The molecule has 0 saturated heterocycles. The van der Waals surface area contributed by atoms with E-state index in [9.17, 15) is 22.8 Å². The molecule has 10 heteroatoms. The molecule has 3 rings (SSSR count). The summed E-state index contributed by atoms with van der Waals surface area (Å²) in [4.78, 5) is 28.6. The van der Waals surface area contributed by atoms with Gasteiger partial charge in [0.1, 0.15) is 5.82 Å². The quantitative estimate of drug-likeness (QED) is 0.434. The van der Waals surface area contributed by atoms with Crippen molar-refractivity contribution in [3.63, 3.8) is 0 Å². The first-order chi connectivity index (χ1) is 16.4. The lowest BCUT2D eigenvalue weighted by Gasteiger charge is -2.30. The Morgan fingerprint density at radius 1 is 0.941 bits per heavy atom. The van der Waals surface area contributed by atoms with Gasteiger partial charge in [0.2, 0.25) is 0 Å². The number of halogens is 3. The third-order valence-electron chi connectivity index (χ3n) is 5.44. The van der Waals surface area contributed by atoms with E-state index in [1.165, 1.54) is 6.07 Å². The predicted octanol–water partition coefficient (Wildman–Crippen LogP) is 4.04. The highest BCUT2D eigenvalue weighted by molar-refractivity contribution is 6.05. The number of guanidine groups is 1. The molecule has 2 aromatic carbocycles. The Hall–Kier alpha value is -3.56. The number of hydrogen-bond acceptors (Lipinski definition) is 4. The molecule has 34 heavy (non-hydrogen) atoms. The van der Waals surface area contributed by atoms with E-state index in [0.29, 0.717) is 37.9 Å². The first-order valence-electron chi connectivity index (χ1n) is 11.1. The summed E-state index contributed by atoms with van der Waals surface area (Å²) in [5, 5.41) is 8.54. The van der Waals surface area contributed by atoms with Crippen molar-refractivity contribution in [2.75, 3.05) is 6.61 Å². The van der Waals surface area contributed by atoms with Gasteiger partial charge in [-0.2, -0.15) is 0 Å². The van der Waals surface area contributed by atoms with Crippen LogP contribution in [0.25, 0.3) is 0 Å². The van der Waals surface area contributed by atoms with E-state index in [1.54, 1.807) is 25.1 Å². The predicted molar refractivity (Wildman–Crippen MR) is 121 cm³/mol. The van der Waals surface area contributed by atoms with Crippen molar-refractivity contribution in [1.29, 1.82) is 0 Å². The lowest BCUT2D eigenvalue weighted by molar-refractivity contribution is 0.0974. The van der Waals surface area contributed by atoms with E-state index in [1.807, 2.05) is 0 Å². The lowest BCUT2D eigenvalue weighted by Crippen LogP contribution is -2.49. The van der Waals surface area contributed by atoms with Gasteiger partial charge in [0, 0.05) is 23.2 Å². The summed E-state index contributed by atoms with van der Waals surface area (Å²) < 4.78 is 45.7. The second-order valence-corrected chi connectivity index (χ2v) is 7.90. The highest BCUT2D eigenvalue weighted by atomic mass is 19.2. The zero-order valence-corrected chi connectivity index (χ0v) is 18.7. The van der Waals surface area contributed by atoms with E-state index in [4.69, 9.17) is 4.74 Å². The van der Waals surface area contributed by atoms with E-state index in [0.717, 1.165) is 18.2 Å². The van der Waals surface area contributed by atoms with Crippen molar-refractivity contribution >= 4 is 18.0 Å². The number of benzene rings is 2. The van der Waals surface area contributed by atoms with Crippen LogP contribution in [-0.2, 0) is 11.3 Å². The Balaban J connectivity index is 1.67. The number of carbonyl (C=O) groups is 2. The molecule has 1 aliphatic rings. The molecular formula is C24H27F3N4O3. The number of nitrogens with one attached hydrogen (secondary N) is 3. The van der Waals surface area contributed by atoms with Crippen LogP contribution in [0.4, 0.5) is 18.0 Å². The first-order valence-corrected chi connectivity index (χ1v) is 11.1. The number of amides is 2. The lowest BCUT2D eigenvalue weighted by atomic mass is 9.91. The zero-order valence-electron chi connectivity index (χ0n) is 18.7. The third kappa shape index (κ3) is 7.23. The second kappa shape index (κ2) is 12.1. The van der Waals surface area contributed by atoms with Crippen LogP contribution in [0.1, 0.15) is 48.5 Å². The van der Waals surface area contributed by atoms with Crippen LogP contribution in [0.15, 0.2) is 47.5 Å². The number of carbonyl (C=O) groups excluding carboxylic acids is 2. The minimum Gasteiger partial charge on any atom is -0.450 e. The van der Waals surface area contributed by atoms with Gasteiger partial charge in [0.05, 0.1) is 13.2 Å². The minimum atomic E-state index is -1.14. The number of aliphatic imine (C=N–C) groups is 1. The molecule has 2 aromatic rings. The van der Waals surface area contributed by atoms with Gasteiger partial charge in [-0.3, -0.25) is 10.1 Å². The summed E-state index contributed by atoms with van der Waals surface area (Å²) in [6, 6.07) is 8.88. The molecule has 7 nitrogen and oxygen atoms in total. The fourth-order valence-corrected chi connectivity index (χ4v) is 3.64. The van der Waals surface area contributed by atoms with Crippen molar-refractivity contribution in [3.8, 4) is 0 Å². The summed E-state index contributed by atoms with van der Waals surface area (Å²) in [6.07, 6.45) is 2.28. The number of hydrogen-bond donors (Lipinski definition) is 3. The van der Waals surface area contributed by atoms with Gasteiger partial charge in [0.15, 0.2) is 17.6 Å². The highest BCUT2D eigenvalue weighted by Gasteiger charge is 2.24. The maximum Gasteiger partial charge on any atom is 0.407 e. The van der Waals surface area contributed by atoms with Gasteiger partial charge in [-0.05, 0) is 56.9 Å². The molecule has 0 aliphatic heterocycles. The van der Waals surface area contributed by atoms with E-state index >= 15 is 0 Å². The molecule has 0 unspecified atom stereocenters. The average molecular weight is 476 g/mol. The molecule has 1 saturated carbocycles. The van der Waals surface area contributed by atoms with Gasteiger partial charge in [-0.1, -0.05) is 18.2 Å². The molecule has 0 radical (unpaired) electrons. The topological polar surface area (TPSA) is 91.8 Å². The van der Waals surface area contributed by atoms with Crippen molar-refractivity contribution < 1.29 is 27.5 Å². The fourth-order valence-electron chi connectivity index (χ4n) is 3.64. The Kier molecular flexibility index (Phi) is 8.89. The average Bonchev–Trinajstić information content (AvgIpc) is 2.81. The summed E-state index contributed by atoms with van der Waals surface area (Å²) in [6.45, 7) is 1.99. The SMILES string of the molecule is CCOC(=O)NC1CCC(NC(=NCc2ccccc2F)NC(=O)c2ccc(F)c(F)c2)CC1. The van der Waals surface area contributed by atoms with Crippen LogP contribution in [0.5, 0.6) is 0 Å². The summed E-state index contributed by atoms with van der Waals surface area (Å²) in [5.41, 5.74) is 0.257. The minimum absolute atomic E-state index is 0.0207. The van der Waals surface area contributed by atoms with E-state index in [2.05, 4.69) is 20.9 Å². The Labute approximate surface area is 195 Å². The van der Waals surface area contributed by atoms with Crippen molar-refractivity contribution in [2.24, 2.45) is 4.99 Å². The Bertz CT molecular complexity index is 1040. The van der Waals surface area contributed by atoms with Crippen molar-refractivity contribution in [3.05, 3.63) is 71.0 Å². The largest absolute Gasteiger partial charge is 0.450 e. The Morgan fingerprint density at radius 3 is 2.26 bits per heavy atom. The molecule has 0 heterocycles. The fraction of sp³-hybridized carbons (Fsp3) is 0.375. The number of ether oxygens (including phenoxy) is 1. The highest BCUT2D eigenvalue weighted by Crippen LogP contribution is 2.19. The molecule has 0 spiro atoms. The molecule has 3 N–H and O–H groups in total. The van der Waals surface area contributed by atoms with Gasteiger partial charge < -0.3 is 15.4 Å². The smallest absolute Gasteiger partial charge is 0.407 e. The second-order valence-electron chi connectivity index (χ2n) is 7.90. The maximum atomic E-state index is 14.0. The molecular weight excluding hydrogens is 449 g/mol. The van der Waals surface area contributed by atoms with E-state index in [-0.39, 0.29) is 30.2 Å². The van der Waals surface area contributed by atoms with Gasteiger partial charge in [-0.15, -0.1) is 0 Å². The number of rotatable bonds is 6. The molecule has 0 aromatic heterocycles. The monoisotopic (exact) mass is 476 g/mol. The van der Waals surface area contributed by atoms with Crippen molar-refractivity contribution in [1.82, 2.24) is 16.0 Å². The first kappa shape index (κ1) is 25.1. The molecule has 1 fully saturated rings. The molecule has 182 valence electrons. The summed E-state index contributed by atoms with van der Waals surface area (Å²) in [5.74, 6) is -3.21. The van der Waals surface area contributed by atoms with Gasteiger partial charge >= 0.3 is 6.09 Å². The molecule has 2 amide bonds. The number of alkyl carbamates (subject to hydrolysis) is 1. The standard InChI is InChI=1S/C24H27F3N4O3/c1-2-34-24(33)30-18-10-8-17(9-11-18)29-23(28-14-16-5-3-4-6-19(16)25)31-22(32)15-7-12-20(26)21(27)13-15/h3-7,12-13,17-18H,2,8-11,14H2,1H3,(H,30,33)(H2,28,29,31,32). The molecule has 1 aliphatic carbocycles. The molecule has 0 bridgehead atoms. The van der Waals surface area contributed by atoms with Crippen molar-refractivity contribution in [2.45, 2.75) is 51.2 Å². The normalized spacial score (nSPS) is 18.2. The summed E-state index contributed by atoms with van der Waals surface area (Å²) in [7, 11) is 0. The van der Waals surface area contributed by atoms with Crippen LogP contribution in [0.2, 0.25) is 0 Å². The van der Waals surface area contributed by atoms with Crippen LogP contribution >= 0.6 is 0 Å². The van der Waals surface area contributed by atoms with Crippen LogP contribution < -0.4 is 16.0 Å². The zero-order chi connectivity index (χ0) is 24.5. The maximum absolute atomic E-state index is 14.0. The Morgan fingerprint density at radius 2 is 1.62 bits per heavy atom.